The van der Waals surface area contributed by atoms with Crippen LogP contribution >= 0.6 is 0 Å². The zero-order valence-corrected chi connectivity index (χ0v) is 9.09. The van der Waals surface area contributed by atoms with Crippen molar-refractivity contribution in [3.63, 3.8) is 0 Å². The van der Waals surface area contributed by atoms with Crippen LogP contribution in [0, 0.1) is 44.3 Å². The van der Waals surface area contributed by atoms with Crippen molar-refractivity contribution in [2.24, 2.45) is 0 Å². The Labute approximate surface area is 78.8 Å². The van der Waals surface area contributed by atoms with E-state index in [4.69, 9.17) is 0 Å². The normalized spacial score (nSPS) is 7.67. The fraction of sp³-hybridized carbons (Fsp3) is 0. The largest absolute Gasteiger partial charge is 2.00 e. The van der Waals surface area contributed by atoms with E-state index in [0.29, 0.717) is 5.75 Å². The van der Waals surface area contributed by atoms with Crippen molar-refractivity contribution >= 4 is 0 Å². The third-order valence-electron chi connectivity index (χ3n) is 0.836. The van der Waals surface area contributed by atoms with Crippen LogP contribution in [0.1, 0.15) is 0 Å². The molecule has 0 unspecified atom stereocenters. The van der Waals surface area contributed by atoms with E-state index in [1.165, 1.54) is 0 Å². The molecule has 0 aliphatic carbocycles. The summed E-state index contributed by atoms with van der Waals surface area (Å²) < 4.78 is 4.61. The van der Waals surface area contributed by atoms with Gasteiger partial charge in [-0.1, -0.05) is 0 Å². The number of hydrogen-bond donors (Lipinski definition) is 0. The number of ether oxygens (including phenoxy) is 1. The molecule has 0 aliphatic heterocycles. The van der Waals surface area contributed by atoms with Crippen LogP contribution < -0.4 is 4.74 Å². The average molecular weight is 344 g/mol. The molecule has 0 aromatic heterocycles. The fourth-order valence-electron chi connectivity index (χ4n) is 0.467. The first-order chi connectivity index (χ1) is 3.93. The summed E-state index contributed by atoms with van der Waals surface area (Å²) in [7, 11) is 3.22. The second kappa shape index (κ2) is 4.91. The van der Waals surface area contributed by atoms with Crippen LogP contribution in [0.25, 0.3) is 0 Å². The maximum atomic E-state index is 4.61. The minimum Gasteiger partial charge on any atom is -0.683 e. The van der Waals surface area contributed by atoms with E-state index in [2.05, 4.69) is 17.9 Å². The quantitative estimate of drug-likeness (QED) is 0.705. The molecule has 0 aliphatic rings. The van der Waals surface area contributed by atoms with Gasteiger partial charge in [-0.25, -0.2) is 0 Å². The van der Waals surface area contributed by atoms with Gasteiger partial charge >= 0.3 is 31.1 Å². The number of hydrogen-bond acceptors (Lipinski definition) is 1. The molecule has 0 radical (unpaired) electrons. The van der Waals surface area contributed by atoms with Gasteiger partial charge in [0, 0.05) is 0 Å². The Morgan fingerprint density at radius 3 is 2.56 bits per heavy atom. The van der Waals surface area contributed by atoms with E-state index >= 15 is 0 Å². The van der Waals surface area contributed by atoms with E-state index in [1.807, 2.05) is 12.1 Å². The Bertz CT molecular complexity index is 150. The summed E-state index contributed by atoms with van der Waals surface area (Å²) >= 11 is 0. The predicted octanol–water partition coefficient (Wildman–Crippen LogP) is 1.66. The smallest absolute Gasteiger partial charge is 0.683 e. The fourth-order valence-corrected chi connectivity index (χ4v) is 0.467. The van der Waals surface area contributed by atoms with Crippen LogP contribution in [0.2, 0.25) is 0 Å². The molecule has 0 fully saturated rings. The molecule has 2 heteroatoms. The minimum atomic E-state index is 0. The van der Waals surface area contributed by atoms with Gasteiger partial charge in [0.2, 0.25) is 0 Å². The Kier molecular flexibility index (Phi) is 4.94. The van der Waals surface area contributed by atoms with Crippen LogP contribution in [-0.2, 0) is 0 Å². The summed E-state index contributed by atoms with van der Waals surface area (Å²) in [4.78, 5) is 0. The van der Waals surface area contributed by atoms with Crippen LogP contribution in [-0.4, -0.2) is 0 Å². The monoisotopic (exact) mass is 344 g/mol. The Balaban J connectivity index is 0.000000640. The van der Waals surface area contributed by atoms with Crippen molar-refractivity contribution in [3.8, 4) is 5.75 Å². The molecule has 9 heavy (non-hydrogen) atoms. The third-order valence-corrected chi connectivity index (χ3v) is 0.836. The molecule has 44 valence electrons. The van der Waals surface area contributed by atoms with Gasteiger partial charge in [0.05, 0.1) is 0 Å². The average Bonchev–Trinajstić information content (AvgIpc) is 1.90. The van der Waals surface area contributed by atoms with Gasteiger partial charge in [0.15, 0.2) is 0 Å². The molecule has 0 bridgehead atoms. The van der Waals surface area contributed by atoms with E-state index in [-0.39, 0.29) is 31.1 Å². The van der Waals surface area contributed by atoms with Crippen LogP contribution in [0.15, 0.2) is 24.3 Å². The van der Waals surface area contributed by atoms with E-state index in [9.17, 15) is 0 Å². The van der Waals surface area contributed by atoms with Gasteiger partial charge in [0.1, 0.15) is 0 Å². The molecule has 0 heterocycles. The van der Waals surface area contributed by atoms with Crippen molar-refractivity contribution in [1.82, 2.24) is 0 Å². The standard InChI is InChI=1S/C7H6O.U/c1-8-7-5-3-2-4-6-7;/h2-5H,1H2;/q-2;+2. The van der Waals surface area contributed by atoms with Gasteiger partial charge < -0.3 is 4.74 Å². The van der Waals surface area contributed by atoms with Gasteiger partial charge in [-0.05, 0) is 5.75 Å². The Morgan fingerprint density at radius 1 is 1.44 bits per heavy atom. The first-order valence-electron chi connectivity index (χ1n) is 2.32. The molecular weight excluding hydrogens is 338 g/mol. The zero-order chi connectivity index (χ0) is 5.82. The van der Waals surface area contributed by atoms with Crippen molar-refractivity contribution in [1.29, 1.82) is 0 Å². The zero-order valence-electron chi connectivity index (χ0n) is 4.92. The summed E-state index contributed by atoms with van der Waals surface area (Å²) in [6.45, 7) is 0. The predicted molar refractivity (Wildman–Crippen MR) is 31.3 cm³/mol. The van der Waals surface area contributed by atoms with Crippen molar-refractivity contribution in [3.05, 3.63) is 37.4 Å². The molecule has 0 amide bonds. The van der Waals surface area contributed by atoms with Crippen LogP contribution in [0.5, 0.6) is 5.75 Å². The summed E-state index contributed by atoms with van der Waals surface area (Å²) in [6.07, 6.45) is 0. The van der Waals surface area contributed by atoms with Crippen molar-refractivity contribution in [2.45, 2.75) is 0 Å². The second-order valence-electron chi connectivity index (χ2n) is 1.37. The van der Waals surface area contributed by atoms with E-state index in [0.717, 1.165) is 0 Å². The molecule has 1 aromatic carbocycles. The van der Waals surface area contributed by atoms with Gasteiger partial charge in [-0.15, -0.1) is 12.1 Å². The number of para-hydroxylation sites is 1. The number of benzene rings is 1. The Morgan fingerprint density at radius 2 is 2.22 bits per heavy atom. The van der Waals surface area contributed by atoms with E-state index < -0.39 is 0 Å². The molecule has 1 aromatic rings. The van der Waals surface area contributed by atoms with Gasteiger partial charge in [0.25, 0.3) is 0 Å². The molecule has 0 saturated heterocycles. The molecule has 0 atom stereocenters. The maximum Gasteiger partial charge on any atom is 2.00 e. The third kappa shape index (κ3) is 2.93. The first-order valence-corrected chi connectivity index (χ1v) is 2.32. The Hall–Kier alpha value is 0.0719. The van der Waals surface area contributed by atoms with Gasteiger partial charge in [-0.3, -0.25) is 0 Å². The molecule has 0 N–H and O–H groups in total. The maximum absolute atomic E-state index is 4.61. The van der Waals surface area contributed by atoms with Crippen molar-refractivity contribution in [2.75, 3.05) is 0 Å². The second-order valence-corrected chi connectivity index (χ2v) is 1.37. The summed E-state index contributed by atoms with van der Waals surface area (Å²) in [5.41, 5.74) is 0. The molecule has 0 saturated carbocycles. The first kappa shape index (κ1) is 9.07. The number of rotatable bonds is 1. The summed E-state index contributed by atoms with van der Waals surface area (Å²) in [5.74, 6) is 0.674. The molecular formula is C7H6OU. The van der Waals surface area contributed by atoms with Crippen molar-refractivity contribution < 1.29 is 35.9 Å². The SMILES string of the molecule is [CH2-]Oc1[c-]cccc1.[U+2]. The van der Waals surface area contributed by atoms with E-state index in [1.54, 1.807) is 12.1 Å². The van der Waals surface area contributed by atoms with Crippen LogP contribution in [0.4, 0.5) is 0 Å². The molecule has 1 nitrogen and oxygen atoms in total. The summed E-state index contributed by atoms with van der Waals surface area (Å²) in [6, 6.07) is 10.2. The minimum absolute atomic E-state index is 0. The van der Waals surface area contributed by atoms with Crippen LogP contribution in [0.3, 0.4) is 0 Å². The van der Waals surface area contributed by atoms with Gasteiger partial charge in [-0.2, -0.15) is 25.3 Å². The topological polar surface area (TPSA) is 9.23 Å². The molecule has 1 rings (SSSR count). The summed E-state index contributed by atoms with van der Waals surface area (Å²) in [5, 5.41) is 0. The molecule has 0 spiro atoms.